The predicted molar refractivity (Wildman–Crippen MR) is 78.3 cm³/mol. The summed E-state index contributed by atoms with van der Waals surface area (Å²) in [6.45, 7) is -0.666. The highest BCUT2D eigenvalue weighted by Gasteiger charge is 2.34. The van der Waals surface area contributed by atoms with Crippen LogP contribution in [0.3, 0.4) is 0 Å². The van der Waals surface area contributed by atoms with Crippen molar-refractivity contribution in [3.05, 3.63) is 29.8 Å². The van der Waals surface area contributed by atoms with Crippen LogP contribution in [-0.2, 0) is 9.62 Å². The van der Waals surface area contributed by atoms with E-state index in [9.17, 15) is 4.39 Å². The maximum absolute atomic E-state index is 13.0. The molecule has 0 unspecified atom stereocenters. The zero-order valence-electron chi connectivity index (χ0n) is 10.0. The van der Waals surface area contributed by atoms with Gasteiger partial charge < -0.3 is 4.74 Å². The van der Waals surface area contributed by atoms with Crippen LogP contribution < -0.4 is 4.89 Å². The van der Waals surface area contributed by atoms with Crippen LogP contribution >= 0.6 is 35.4 Å². The molecule has 1 heterocycles. The number of nitrogens with zero attached hydrogens (tertiary/aromatic N) is 1. The van der Waals surface area contributed by atoms with Crippen molar-refractivity contribution in [2.24, 2.45) is 4.99 Å². The molecule has 0 aliphatic carbocycles. The Morgan fingerprint density at radius 2 is 2.10 bits per heavy atom. The van der Waals surface area contributed by atoms with Gasteiger partial charge >= 0.3 is 0 Å². The third kappa shape index (κ3) is 3.50. The molecule has 1 aliphatic rings. The lowest BCUT2D eigenvalue weighted by atomic mass is 10.0. The highest BCUT2D eigenvalue weighted by molar-refractivity contribution is 7.78. The first-order valence-corrected chi connectivity index (χ1v) is 6.95. The van der Waals surface area contributed by atoms with Crippen LogP contribution in [0, 0.1) is 0 Å². The monoisotopic (exact) mass is 337 g/mol. The van der Waals surface area contributed by atoms with Gasteiger partial charge in [-0.2, -0.15) is 0 Å². The minimum absolute atomic E-state index is 0.130. The van der Waals surface area contributed by atoms with E-state index in [0.717, 1.165) is 11.1 Å². The van der Waals surface area contributed by atoms with E-state index in [-0.39, 0.29) is 5.90 Å². The van der Waals surface area contributed by atoms with Crippen LogP contribution in [0.2, 0.25) is 0 Å². The third-order valence-electron chi connectivity index (χ3n) is 2.63. The van der Waals surface area contributed by atoms with Crippen LogP contribution in [0.5, 0.6) is 5.75 Å². The second kappa shape index (κ2) is 7.06. The molecule has 20 heavy (non-hydrogen) atoms. The average Bonchev–Trinajstić information content (AvgIpc) is 2.90. The lowest BCUT2D eigenvalue weighted by Gasteiger charge is -2.16. The maximum Gasteiger partial charge on any atom is 0.218 e. The van der Waals surface area contributed by atoms with Gasteiger partial charge in [-0.15, -0.1) is 0 Å². The van der Waals surface area contributed by atoms with Gasteiger partial charge in [0.05, 0.1) is 0 Å². The molecule has 1 aliphatic heterocycles. The number of ether oxygens (including phenoxy) is 1. The SMILES string of the molecule is FC[C@H]1N=C(C(Cl)Cl)O[C@@H]1c1ccc(OOC=S)cc1. The van der Waals surface area contributed by atoms with E-state index in [1.807, 2.05) is 0 Å². The van der Waals surface area contributed by atoms with Gasteiger partial charge in [-0.1, -0.05) is 35.3 Å². The summed E-state index contributed by atoms with van der Waals surface area (Å²) in [4.78, 5) is 12.5. The molecule has 108 valence electrons. The van der Waals surface area contributed by atoms with Crippen molar-refractivity contribution in [1.82, 2.24) is 0 Å². The van der Waals surface area contributed by atoms with E-state index >= 15 is 0 Å². The number of hydrogen-bond acceptors (Lipinski definition) is 5. The topological polar surface area (TPSA) is 40.0 Å². The molecule has 1 aromatic carbocycles. The summed E-state index contributed by atoms with van der Waals surface area (Å²) in [5.41, 5.74) is 1.73. The summed E-state index contributed by atoms with van der Waals surface area (Å²) >= 11 is 15.8. The predicted octanol–water partition coefficient (Wildman–Crippen LogP) is 3.57. The summed E-state index contributed by atoms with van der Waals surface area (Å²) in [5.74, 6) is 0.587. The Morgan fingerprint density at radius 3 is 2.65 bits per heavy atom. The molecular formula is C12H10Cl2FNO3S. The minimum atomic E-state index is -0.910. The van der Waals surface area contributed by atoms with Crippen molar-refractivity contribution in [3.63, 3.8) is 0 Å². The van der Waals surface area contributed by atoms with E-state index in [2.05, 4.69) is 22.1 Å². The number of rotatable bonds is 6. The average molecular weight is 338 g/mol. The number of aliphatic imine (C=N–C) groups is 1. The van der Waals surface area contributed by atoms with Gasteiger partial charge in [-0.05, 0) is 29.9 Å². The standard InChI is InChI=1S/C12H10Cl2FNO3S/c13-11(14)12-16-9(5-15)10(18-12)7-1-3-8(4-2-7)19-17-6-20/h1-4,6,9-11H,5H2/t9-,10-/m1/s1. The van der Waals surface area contributed by atoms with Crippen molar-refractivity contribution in [2.75, 3.05) is 6.67 Å². The summed E-state index contributed by atoms with van der Waals surface area (Å²) in [6.07, 6.45) is -0.560. The molecule has 2 rings (SSSR count). The molecule has 0 aromatic heterocycles. The second-order valence-electron chi connectivity index (χ2n) is 3.87. The molecule has 8 heteroatoms. The van der Waals surface area contributed by atoms with E-state index < -0.39 is 23.7 Å². The summed E-state index contributed by atoms with van der Waals surface area (Å²) in [6, 6.07) is 6.05. The normalized spacial score (nSPS) is 21.3. The van der Waals surface area contributed by atoms with E-state index in [0.29, 0.717) is 5.75 Å². The first kappa shape index (κ1) is 15.3. The highest BCUT2D eigenvalue weighted by Crippen LogP contribution is 2.32. The first-order chi connectivity index (χ1) is 9.65. The molecule has 2 atom stereocenters. The van der Waals surface area contributed by atoms with Crippen LogP contribution in [-0.4, -0.2) is 29.0 Å². The molecule has 0 saturated heterocycles. The van der Waals surface area contributed by atoms with Gasteiger partial charge in [0.2, 0.25) is 11.5 Å². The molecule has 0 N–H and O–H groups in total. The zero-order chi connectivity index (χ0) is 14.5. The summed E-state index contributed by atoms with van der Waals surface area (Å²) in [7, 11) is 0. The Bertz CT molecular complexity index is 498. The Balaban J connectivity index is 2.09. The summed E-state index contributed by atoms with van der Waals surface area (Å²) in [5, 5.41) is 0. The highest BCUT2D eigenvalue weighted by atomic mass is 35.5. The third-order valence-corrected chi connectivity index (χ3v) is 3.08. The molecule has 4 nitrogen and oxygen atoms in total. The van der Waals surface area contributed by atoms with Crippen LogP contribution in [0.15, 0.2) is 29.3 Å². The van der Waals surface area contributed by atoms with E-state index in [4.69, 9.17) is 32.8 Å². The minimum Gasteiger partial charge on any atom is -0.468 e. The van der Waals surface area contributed by atoms with Crippen molar-refractivity contribution in [3.8, 4) is 5.75 Å². The Labute approximate surface area is 130 Å². The quantitative estimate of drug-likeness (QED) is 0.344. The van der Waals surface area contributed by atoms with Gasteiger partial charge in [-0.3, -0.25) is 9.78 Å². The Hall–Kier alpha value is -1.11. The number of benzene rings is 1. The smallest absolute Gasteiger partial charge is 0.218 e. The lowest BCUT2D eigenvalue weighted by Crippen LogP contribution is -2.16. The van der Waals surface area contributed by atoms with E-state index in [1.54, 1.807) is 24.3 Å². The largest absolute Gasteiger partial charge is 0.468 e. The molecule has 0 radical (unpaired) electrons. The number of alkyl halides is 3. The molecule has 0 bridgehead atoms. The lowest BCUT2D eigenvalue weighted by molar-refractivity contribution is -0.106. The Kier molecular flexibility index (Phi) is 5.39. The second-order valence-corrected chi connectivity index (χ2v) is 5.16. The fourth-order valence-corrected chi connectivity index (χ4v) is 2.03. The van der Waals surface area contributed by atoms with Crippen LogP contribution in [0.4, 0.5) is 4.39 Å². The molecule has 0 fully saturated rings. The van der Waals surface area contributed by atoms with Crippen molar-refractivity contribution in [2.45, 2.75) is 17.0 Å². The van der Waals surface area contributed by atoms with Crippen molar-refractivity contribution < 1.29 is 18.9 Å². The van der Waals surface area contributed by atoms with Crippen molar-refractivity contribution >= 4 is 46.9 Å². The van der Waals surface area contributed by atoms with Crippen molar-refractivity contribution in [1.29, 1.82) is 0 Å². The number of thiocarbonyl (C=S) groups is 1. The van der Waals surface area contributed by atoms with Gasteiger partial charge in [0.15, 0.2) is 16.7 Å². The van der Waals surface area contributed by atoms with Crippen LogP contribution in [0.25, 0.3) is 0 Å². The fraction of sp³-hybridized carbons (Fsp3) is 0.333. The fourth-order valence-electron chi connectivity index (χ4n) is 1.77. The zero-order valence-corrected chi connectivity index (χ0v) is 12.4. The molecule has 0 saturated carbocycles. The Morgan fingerprint density at radius 1 is 1.40 bits per heavy atom. The first-order valence-electron chi connectivity index (χ1n) is 5.61. The van der Waals surface area contributed by atoms with Gasteiger partial charge in [0.1, 0.15) is 12.7 Å². The number of hydrogen-bond donors (Lipinski definition) is 0. The van der Waals surface area contributed by atoms with E-state index in [1.165, 1.54) is 0 Å². The molecule has 1 aromatic rings. The summed E-state index contributed by atoms with van der Waals surface area (Å²) < 4.78 is 18.5. The molecular weight excluding hydrogens is 328 g/mol. The van der Waals surface area contributed by atoms with Gasteiger partial charge in [-0.25, -0.2) is 9.38 Å². The van der Waals surface area contributed by atoms with Gasteiger partial charge in [0.25, 0.3) is 0 Å². The van der Waals surface area contributed by atoms with Crippen LogP contribution in [0.1, 0.15) is 11.7 Å². The number of halogens is 3. The molecule has 0 amide bonds. The molecule has 0 spiro atoms. The maximum atomic E-state index is 13.0. The van der Waals surface area contributed by atoms with Gasteiger partial charge in [0, 0.05) is 0 Å².